The molecule has 7 heteroatoms. The Morgan fingerprint density at radius 1 is 1.19 bits per heavy atom. The lowest BCUT2D eigenvalue weighted by Gasteiger charge is -2.23. The number of hydrogen-bond acceptors (Lipinski definition) is 5. The molecule has 0 unspecified atom stereocenters. The van der Waals surface area contributed by atoms with Gasteiger partial charge >= 0.3 is 0 Å². The molecule has 1 aliphatic heterocycles. The van der Waals surface area contributed by atoms with Crippen LogP contribution >= 0.6 is 22.9 Å². The molecule has 142 valence electrons. The summed E-state index contributed by atoms with van der Waals surface area (Å²) in [5, 5.41) is 1.71. The van der Waals surface area contributed by atoms with Crippen molar-refractivity contribution in [2.45, 2.75) is 27.3 Å². The molecule has 0 atom stereocenters. The third-order valence-corrected chi connectivity index (χ3v) is 6.33. The molecule has 1 N–H and O–H groups in total. The zero-order valence-corrected chi connectivity index (χ0v) is 17.3. The Bertz CT molecular complexity index is 983. The van der Waals surface area contributed by atoms with E-state index in [-0.39, 0.29) is 0 Å². The number of fused-ring (bicyclic) bond motifs is 1. The van der Waals surface area contributed by atoms with Crippen LogP contribution < -0.4 is 9.64 Å². The Morgan fingerprint density at radius 3 is 2.70 bits per heavy atom. The molecule has 0 spiro atoms. The summed E-state index contributed by atoms with van der Waals surface area (Å²) in [7, 11) is 0. The van der Waals surface area contributed by atoms with Gasteiger partial charge in [-0.1, -0.05) is 11.6 Å². The molecular formula is C20H23ClN3O2S+. The van der Waals surface area contributed by atoms with Crippen LogP contribution in [-0.2, 0) is 11.3 Å². The first kappa shape index (κ1) is 18.6. The van der Waals surface area contributed by atoms with Crippen molar-refractivity contribution in [2.24, 2.45) is 0 Å². The van der Waals surface area contributed by atoms with E-state index < -0.39 is 0 Å². The third kappa shape index (κ3) is 3.94. The highest BCUT2D eigenvalue weighted by Crippen LogP contribution is 2.37. The van der Waals surface area contributed by atoms with Crippen LogP contribution in [0.4, 0.5) is 0 Å². The highest BCUT2D eigenvalue weighted by Gasteiger charge is 2.21. The van der Waals surface area contributed by atoms with Crippen molar-refractivity contribution >= 4 is 33.2 Å². The van der Waals surface area contributed by atoms with Crippen molar-refractivity contribution in [3.63, 3.8) is 0 Å². The largest absolute Gasteiger partial charge is 0.438 e. The second-order valence-electron chi connectivity index (χ2n) is 6.96. The van der Waals surface area contributed by atoms with E-state index in [4.69, 9.17) is 31.0 Å². The molecule has 3 aromatic rings. The van der Waals surface area contributed by atoms with E-state index in [1.54, 1.807) is 11.3 Å². The van der Waals surface area contributed by atoms with Crippen molar-refractivity contribution in [2.75, 3.05) is 26.3 Å². The van der Waals surface area contributed by atoms with Gasteiger partial charge in [-0.15, -0.1) is 11.3 Å². The molecule has 3 heterocycles. The van der Waals surface area contributed by atoms with Gasteiger partial charge in [0.25, 0.3) is 0 Å². The van der Waals surface area contributed by atoms with Crippen molar-refractivity contribution < 1.29 is 14.4 Å². The van der Waals surface area contributed by atoms with Crippen molar-refractivity contribution in [1.82, 2.24) is 9.97 Å². The minimum atomic E-state index is 0.634. The zero-order valence-electron chi connectivity index (χ0n) is 15.8. The minimum absolute atomic E-state index is 0.634. The molecule has 1 fully saturated rings. The zero-order chi connectivity index (χ0) is 19.0. The molecule has 0 amide bonds. The summed E-state index contributed by atoms with van der Waals surface area (Å²) in [6.45, 7) is 10.5. The fourth-order valence-corrected chi connectivity index (χ4v) is 4.57. The normalized spacial score (nSPS) is 15.4. The lowest BCUT2D eigenvalue weighted by Crippen LogP contribution is -3.12. The molecule has 0 radical (unpaired) electrons. The van der Waals surface area contributed by atoms with E-state index in [1.165, 1.54) is 15.3 Å². The summed E-state index contributed by atoms with van der Waals surface area (Å²) in [5.74, 6) is 2.23. The molecule has 0 saturated carbocycles. The molecule has 0 bridgehead atoms. The van der Waals surface area contributed by atoms with Gasteiger partial charge in [0.2, 0.25) is 5.88 Å². The molecule has 5 nitrogen and oxygen atoms in total. The monoisotopic (exact) mass is 404 g/mol. The molecule has 27 heavy (non-hydrogen) atoms. The van der Waals surface area contributed by atoms with E-state index in [2.05, 4.69) is 13.8 Å². The fraction of sp³-hybridized carbons (Fsp3) is 0.400. The summed E-state index contributed by atoms with van der Waals surface area (Å²) in [6, 6.07) is 5.64. The Kier molecular flexibility index (Phi) is 5.32. The Hall–Kier alpha value is -1.73. The van der Waals surface area contributed by atoms with Crippen molar-refractivity contribution in [3.8, 4) is 11.6 Å². The quantitative estimate of drug-likeness (QED) is 0.723. The van der Waals surface area contributed by atoms with Gasteiger partial charge in [-0.05, 0) is 50.1 Å². The summed E-state index contributed by atoms with van der Waals surface area (Å²) < 4.78 is 11.7. The highest BCUT2D eigenvalue weighted by atomic mass is 35.5. The standard InChI is InChI=1S/C20H22ClN3O2S/c1-12-10-15(21)4-5-16(12)26-19-18-13(2)14(3)27-20(18)23-17(22-19)11-24-6-8-25-9-7-24/h4-5,10H,6-9,11H2,1-3H3/p+1. The van der Waals surface area contributed by atoms with Gasteiger partial charge in [-0.3, -0.25) is 0 Å². The summed E-state index contributed by atoms with van der Waals surface area (Å²) in [6.07, 6.45) is 0. The first-order chi connectivity index (χ1) is 13.0. The molecule has 1 saturated heterocycles. The van der Waals surface area contributed by atoms with Gasteiger partial charge in [0.1, 0.15) is 30.2 Å². The maximum Gasteiger partial charge on any atom is 0.231 e. The molecule has 1 aromatic carbocycles. The van der Waals surface area contributed by atoms with E-state index in [0.29, 0.717) is 10.9 Å². The molecular weight excluding hydrogens is 382 g/mol. The minimum Gasteiger partial charge on any atom is -0.438 e. The van der Waals surface area contributed by atoms with E-state index in [9.17, 15) is 0 Å². The number of quaternary nitrogens is 1. The van der Waals surface area contributed by atoms with Crippen molar-refractivity contribution in [3.05, 3.63) is 45.1 Å². The molecule has 0 aliphatic carbocycles. The van der Waals surface area contributed by atoms with Crippen LogP contribution in [0.3, 0.4) is 0 Å². The third-order valence-electron chi connectivity index (χ3n) is 4.99. The van der Waals surface area contributed by atoms with Crippen LogP contribution in [0.5, 0.6) is 11.6 Å². The predicted molar refractivity (Wildman–Crippen MR) is 108 cm³/mol. The smallest absolute Gasteiger partial charge is 0.231 e. The van der Waals surface area contributed by atoms with Gasteiger partial charge in [0, 0.05) is 9.90 Å². The van der Waals surface area contributed by atoms with Gasteiger partial charge in [-0.2, -0.15) is 4.98 Å². The number of hydrogen-bond donors (Lipinski definition) is 1. The Labute approximate surface area is 167 Å². The summed E-state index contributed by atoms with van der Waals surface area (Å²) in [5.41, 5.74) is 2.17. The van der Waals surface area contributed by atoms with Gasteiger partial charge < -0.3 is 14.4 Å². The predicted octanol–water partition coefficient (Wildman–Crippen LogP) is 3.48. The number of halogens is 1. The van der Waals surface area contributed by atoms with Crippen LogP contribution in [0.2, 0.25) is 5.02 Å². The van der Waals surface area contributed by atoms with E-state index >= 15 is 0 Å². The average molecular weight is 405 g/mol. The number of ether oxygens (including phenoxy) is 2. The number of morpholine rings is 1. The van der Waals surface area contributed by atoms with E-state index in [1.807, 2.05) is 25.1 Å². The topological polar surface area (TPSA) is 48.7 Å². The number of aryl methyl sites for hydroxylation is 3. The number of benzene rings is 1. The maximum absolute atomic E-state index is 6.26. The SMILES string of the molecule is Cc1cc(Cl)ccc1Oc1nc(C[NH+]2CCOCC2)nc2sc(C)c(C)c12. The van der Waals surface area contributed by atoms with Crippen molar-refractivity contribution in [1.29, 1.82) is 0 Å². The summed E-state index contributed by atoms with van der Waals surface area (Å²) >= 11 is 7.78. The lowest BCUT2D eigenvalue weighted by molar-refractivity contribution is -0.922. The summed E-state index contributed by atoms with van der Waals surface area (Å²) in [4.78, 5) is 13.3. The van der Waals surface area contributed by atoms with Gasteiger partial charge in [0.15, 0.2) is 5.82 Å². The van der Waals surface area contributed by atoms with Crippen LogP contribution in [0.25, 0.3) is 10.2 Å². The number of rotatable bonds is 4. The number of nitrogens with one attached hydrogen (secondary N) is 1. The molecule has 1 aliphatic rings. The fourth-order valence-electron chi connectivity index (χ4n) is 3.30. The number of nitrogens with zero attached hydrogens (tertiary/aromatic N) is 2. The Morgan fingerprint density at radius 2 is 1.96 bits per heavy atom. The average Bonchev–Trinajstić information content (AvgIpc) is 2.92. The highest BCUT2D eigenvalue weighted by molar-refractivity contribution is 7.18. The van der Waals surface area contributed by atoms with Crippen LogP contribution in [0.15, 0.2) is 18.2 Å². The first-order valence-corrected chi connectivity index (χ1v) is 10.3. The van der Waals surface area contributed by atoms with Crippen LogP contribution in [0, 0.1) is 20.8 Å². The molecule has 4 rings (SSSR count). The van der Waals surface area contributed by atoms with Crippen LogP contribution in [0.1, 0.15) is 21.8 Å². The van der Waals surface area contributed by atoms with Gasteiger partial charge in [0.05, 0.1) is 18.6 Å². The molecule has 2 aromatic heterocycles. The number of thiophene rings is 1. The number of aromatic nitrogens is 2. The first-order valence-electron chi connectivity index (χ1n) is 9.13. The second kappa shape index (κ2) is 7.72. The lowest BCUT2D eigenvalue weighted by atomic mass is 10.2. The van der Waals surface area contributed by atoms with Crippen LogP contribution in [-0.4, -0.2) is 36.3 Å². The second-order valence-corrected chi connectivity index (χ2v) is 8.60. The Balaban J connectivity index is 1.74. The maximum atomic E-state index is 6.26. The van der Waals surface area contributed by atoms with Gasteiger partial charge in [-0.25, -0.2) is 4.98 Å². The van der Waals surface area contributed by atoms with E-state index in [0.717, 1.165) is 60.2 Å².